The monoisotopic (exact) mass is 723 g/mol. The van der Waals surface area contributed by atoms with Crippen molar-refractivity contribution in [3.63, 3.8) is 0 Å². The molecule has 0 spiro atoms. The molecule has 51 heavy (non-hydrogen) atoms. The summed E-state index contributed by atoms with van der Waals surface area (Å²) in [6.07, 6.45) is 35.2. The van der Waals surface area contributed by atoms with Crippen LogP contribution >= 0.6 is 0 Å². The summed E-state index contributed by atoms with van der Waals surface area (Å²) >= 11 is 0. The van der Waals surface area contributed by atoms with Gasteiger partial charge in [-0.05, 0) is 31.1 Å². The zero-order valence-electron chi connectivity index (χ0n) is 34.7. The molecule has 0 saturated carbocycles. The van der Waals surface area contributed by atoms with Crippen LogP contribution in [-0.4, -0.2) is 37.2 Å². The molecule has 0 aliphatic heterocycles. The molecule has 0 aromatic rings. The van der Waals surface area contributed by atoms with Crippen molar-refractivity contribution in [3.8, 4) is 0 Å². The average molecular weight is 723 g/mol. The predicted octanol–water partition coefficient (Wildman–Crippen LogP) is 13.8. The Balaban J connectivity index is 4.35. The lowest BCUT2D eigenvalue weighted by molar-refractivity contribution is -0.167. The quantitative estimate of drug-likeness (QED) is 0.0357. The number of unbranched alkanes of at least 4 members (excludes halogenated alkanes) is 23. The molecule has 0 saturated heterocycles. The molecule has 0 aromatic carbocycles. The predicted molar refractivity (Wildman–Crippen MR) is 215 cm³/mol. The minimum atomic E-state index is -0.760. The number of rotatable bonds is 39. The molecule has 0 rings (SSSR count). The number of carbonyl (C=O) groups excluding carboxylic acids is 3. The van der Waals surface area contributed by atoms with Crippen molar-refractivity contribution in [2.75, 3.05) is 13.2 Å². The van der Waals surface area contributed by atoms with Gasteiger partial charge in [-0.15, -0.1) is 0 Å². The molecule has 6 heteroatoms. The summed E-state index contributed by atoms with van der Waals surface area (Å²) in [4.78, 5) is 37.6. The number of esters is 3. The number of hydrogen-bond donors (Lipinski definition) is 0. The first-order valence-corrected chi connectivity index (χ1v) is 22.3. The molecular formula is C45H86O6. The van der Waals surface area contributed by atoms with Crippen molar-refractivity contribution in [1.29, 1.82) is 0 Å². The van der Waals surface area contributed by atoms with E-state index in [0.717, 1.165) is 69.6 Å². The Hall–Kier alpha value is -1.59. The van der Waals surface area contributed by atoms with E-state index in [-0.39, 0.29) is 31.1 Å². The van der Waals surface area contributed by atoms with Crippen LogP contribution in [0.3, 0.4) is 0 Å². The van der Waals surface area contributed by atoms with Crippen LogP contribution in [0.1, 0.15) is 240 Å². The fourth-order valence-corrected chi connectivity index (χ4v) is 6.54. The Bertz CT molecular complexity index is 781. The van der Waals surface area contributed by atoms with Gasteiger partial charge in [0.05, 0.1) is 0 Å². The third-order valence-corrected chi connectivity index (χ3v) is 10.3. The molecule has 302 valence electrons. The van der Waals surface area contributed by atoms with Crippen LogP contribution < -0.4 is 0 Å². The fourth-order valence-electron chi connectivity index (χ4n) is 6.54. The molecule has 0 fully saturated rings. The highest BCUT2D eigenvalue weighted by Crippen LogP contribution is 2.17. The summed E-state index contributed by atoms with van der Waals surface area (Å²) in [6.45, 7) is 11.3. The van der Waals surface area contributed by atoms with E-state index < -0.39 is 6.10 Å². The van der Waals surface area contributed by atoms with Gasteiger partial charge in [0.2, 0.25) is 0 Å². The number of hydrogen-bond acceptors (Lipinski definition) is 6. The molecule has 0 aliphatic carbocycles. The van der Waals surface area contributed by atoms with Crippen LogP contribution in [0.4, 0.5) is 0 Å². The third-order valence-electron chi connectivity index (χ3n) is 10.3. The van der Waals surface area contributed by atoms with Gasteiger partial charge >= 0.3 is 17.9 Å². The number of ether oxygens (including phenoxy) is 3. The molecule has 0 aromatic heterocycles. The fraction of sp³-hybridized carbons (Fsp3) is 0.933. The second kappa shape index (κ2) is 38.1. The van der Waals surface area contributed by atoms with Crippen LogP contribution in [0.2, 0.25) is 0 Å². The van der Waals surface area contributed by atoms with Gasteiger partial charge in [0.1, 0.15) is 13.2 Å². The Labute approximate surface area is 317 Å². The first-order valence-electron chi connectivity index (χ1n) is 22.3. The van der Waals surface area contributed by atoms with E-state index >= 15 is 0 Å². The van der Waals surface area contributed by atoms with Crippen LogP contribution in [0, 0.1) is 11.8 Å². The first-order chi connectivity index (χ1) is 24.8. The van der Waals surface area contributed by atoms with Crippen molar-refractivity contribution in [3.05, 3.63) is 0 Å². The van der Waals surface area contributed by atoms with Gasteiger partial charge < -0.3 is 14.2 Å². The molecule has 0 radical (unpaired) electrons. The normalized spacial score (nSPS) is 12.6. The summed E-state index contributed by atoms with van der Waals surface area (Å²) in [5, 5.41) is 0. The van der Waals surface area contributed by atoms with Crippen LogP contribution in [-0.2, 0) is 28.6 Å². The minimum absolute atomic E-state index is 0.0659. The summed E-state index contributed by atoms with van der Waals surface area (Å²) < 4.78 is 16.7. The van der Waals surface area contributed by atoms with Crippen LogP contribution in [0.15, 0.2) is 0 Å². The van der Waals surface area contributed by atoms with Gasteiger partial charge in [0.25, 0.3) is 0 Å². The maximum absolute atomic E-state index is 12.7. The number of carbonyl (C=O) groups is 3. The van der Waals surface area contributed by atoms with Gasteiger partial charge in [-0.1, -0.05) is 202 Å². The van der Waals surface area contributed by atoms with Gasteiger partial charge in [-0.2, -0.15) is 0 Å². The lowest BCUT2D eigenvalue weighted by atomic mass is 10.00. The lowest BCUT2D eigenvalue weighted by Gasteiger charge is -2.18. The molecule has 0 amide bonds. The van der Waals surface area contributed by atoms with E-state index in [1.807, 2.05) is 0 Å². The SMILES string of the molecule is CCCCCCCCCCCCCC(=O)OC[C@@H](COC(=O)CCCCCCCCCCCC(C)C)OC(=O)CCCCCCCCC(C)CC. The molecule has 0 aliphatic rings. The van der Waals surface area contributed by atoms with E-state index in [4.69, 9.17) is 14.2 Å². The van der Waals surface area contributed by atoms with Gasteiger partial charge in [0.15, 0.2) is 6.10 Å². The van der Waals surface area contributed by atoms with Gasteiger partial charge in [0, 0.05) is 19.3 Å². The largest absolute Gasteiger partial charge is 0.462 e. The van der Waals surface area contributed by atoms with E-state index in [0.29, 0.717) is 19.3 Å². The molecule has 0 heterocycles. The Morgan fingerprint density at radius 2 is 0.745 bits per heavy atom. The van der Waals surface area contributed by atoms with E-state index in [2.05, 4.69) is 34.6 Å². The van der Waals surface area contributed by atoms with Gasteiger partial charge in [-0.25, -0.2) is 0 Å². The second-order valence-electron chi connectivity index (χ2n) is 16.1. The second-order valence-corrected chi connectivity index (χ2v) is 16.1. The molecular weight excluding hydrogens is 636 g/mol. The highest BCUT2D eigenvalue weighted by molar-refractivity contribution is 5.71. The lowest BCUT2D eigenvalue weighted by Crippen LogP contribution is -2.30. The first kappa shape index (κ1) is 49.4. The Kier molecular flexibility index (Phi) is 37.0. The smallest absolute Gasteiger partial charge is 0.306 e. The average Bonchev–Trinajstić information content (AvgIpc) is 3.11. The van der Waals surface area contributed by atoms with Crippen molar-refractivity contribution in [1.82, 2.24) is 0 Å². The zero-order chi connectivity index (χ0) is 37.6. The summed E-state index contributed by atoms with van der Waals surface area (Å²) in [7, 11) is 0. The highest BCUT2D eigenvalue weighted by atomic mass is 16.6. The summed E-state index contributed by atoms with van der Waals surface area (Å²) in [5.74, 6) is 0.755. The van der Waals surface area contributed by atoms with Crippen molar-refractivity contribution in [2.45, 2.75) is 246 Å². The standard InChI is InChI=1S/C45H86O6/c1-6-8-9-10-11-12-13-16-19-25-30-35-43(46)49-38-42(51-45(48)37-32-27-22-21-24-29-34-41(5)7-2)39-50-44(47)36-31-26-20-17-14-15-18-23-28-33-40(3)4/h40-42H,6-39H2,1-5H3/t41?,42-/m0/s1. The molecule has 0 bridgehead atoms. The summed E-state index contributed by atoms with van der Waals surface area (Å²) in [6, 6.07) is 0. The van der Waals surface area contributed by atoms with Crippen LogP contribution in [0.25, 0.3) is 0 Å². The van der Waals surface area contributed by atoms with Crippen LogP contribution in [0.5, 0.6) is 0 Å². The third kappa shape index (κ3) is 38.0. The van der Waals surface area contributed by atoms with E-state index in [1.165, 1.54) is 128 Å². The maximum Gasteiger partial charge on any atom is 0.306 e. The highest BCUT2D eigenvalue weighted by Gasteiger charge is 2.19. The summed E-state index contributed by atoms with van der Waals surface area (Å²) in [5.41, 5.74) is 0. The molecule has 0 N–H and O–H groups in total. The van der Waals surface area contributed by atoms with Crippen molar-refractivity contribution < 1.29 is 28.6 Å². The maximum atomic E-state index is 12.7. The van der Waals surface area contributed by atoms with E-state index in [1.54, 1.807) is 0 Å². The van der Waals surface area contributed by atoms with Crippen molar-refractivity contribution in [2.24, 2.45) is 11.8 Å². The van der Waals surface area contributed by atoms with E-state index in [9.17, 15) is 14.4 Å². The molecule has 1 unspecified atom stereocenters. The molecule has 6 nitrogen and oxygen atoms in total. The minimum Gasteiger partial charge on any atom is -0.462 e. The molecule has 2 atom stereocenters. The van der Waals surface area contributed by atoms with Crippen molar-refractivity contribution >= 4 is 17.9 Å². The Morgan fingerprint density at radius 1 is 0.412 bits per heavy atom. The van der Waals surface area contributed by atoms with Gasteiger partial charge in [-0.3, -0.25) is 14.4 Å². The Morgan fingerprint density at radius 3 is 1.12 bits per heavy atom. The topological polar surface area (TPSA) is 78.9 Å². The zero-order valence-corrected chi connectivity index (χ0v) is 34.7.